The van der Waals surface area contributed by atoms with E-state index < -0.39 is 12.0 Å². The predicted octanol–water partition coefficient (Wildman–Crippen LogP) is 0.126. The summed E-state index contributed by atoms with van der Waals surface area (Å²) >= 11 is 0. The van der Waals surface area contributed by atoms with Gasteiger partial charge in [-0.3, -0.25) is 4.79 Å². The molecule has 0 unspecified atom stereocenters. The number of rotatable bonds is 5. The van der Waals surface area contributed by atoms with E-state index in [1.54, 1.807) is 0 Å². The van der Waals surface area contributed by atoms with E-state index in [0.29, 0.717) is 12.5 Å². The van der Waals surface area contributed by atoms with Gasteiger partial charge in [-0.2, -0.15) is 0 Å². The van der Waals surface area contributed by atoms with Crippen molar-refractivity contribution in [3.05, 3.63) is 0 Å². The fourth-order valence-electron chi connectivity index (χ4n) is 1.20. The second-order valence-electron chi connectivity index (χ2n) is 3.58. The van der Waals surface area contributed by atoms with Gasteiger partial charge in [0.1, 0.15) is 6.54 Å². The van der Waals surface area contributed by atoms with Gasteiger partial charge in [-0.05, 0) is 18.8 Å². The van der Waals surface area contributed by atoms with Gasteiger partial charge >= 0.3 is 12.0 Å². The Morgan fingerprint density at radius 1 is 1.53 bits per heavy atom. The molecule has 1 fully saturated rings. The molecule has 0 aromatic rings. The average Bonchev–Trinajstić information content (AvgIpc) is 2.97. The van der Waals surface area contributed by atoms with E-state index >= 15 is 0 Å². The summed E-state index contributed by atoms with van der Waals surface area (Å²) in [5.41, 5.74) is 0. The van der Waals surface area contributed by atoms with Gasteiger partial charge in [-0.25, -0.2) is 4.79 Å². The SMILES string of the molecule is C#CCN(CC1CC1)C(=O)NCC(=O)O. The van der Waals surface area contributed by atoms with Crippen LogP contribution in [0.3, 0.4) is 0 Å². The third-order valence-corrected chi connectivity index (χ3v) is 2.14. The van der Waals surface area contributed by atoms with Crippen molar-refractivity contribution in [1.29, 1.82) is 0 Å². The molecule has 0 spiro atoms. The predicted molar refractivity (Wildman–Crippen MR) is 54.2 cm³/mol. The first kappa shape index (κ1) is 11.4. The highest BCUT2D eigenvalue weighted by Crippen LogP contribution is 2.29. The highest BCUT2D eigenvalue weighted by molar-refractivity contribution is 5.80. The van der Waals surface area contributed by atoms with Gasteiger partial charge in [0.15, 0.2) is 0 Å². The van der Waals surface area contributed by atoms with Crippen molar-refractivity contribution >= 4 is 12.0 Å². The maximum Gasteiger partial charge on any atom is 0.323 e. The maximum absolute atomic E-state index is 11.5. The lowest BCUT2D eigenvalue weighted by Gasteiger charge is -2.19. The molecule has 2 N–H and O–H groups in total. The molecular formula is C10H14N2O3. The van der Waals surface area contributed by atoms with Crippen molar-refractivity contribution in [2.75, 3.05) is 19.6 Å². The lowest BCUT2D eigenvalue weighted by atomic mass is 10.4. The zero-order chi connectivity index (χ0) is 11.3. The molecule has 0 atom stereocenters. The zero-order valence-corrected chi connectivity index (χ0v) is 8.40. The minimum absolute atomic E-state index is 0.224. The van der Waals surface area contributed by atoms with Crippen molar-refractivity contribution in [3.63, 3.8) is 0 Å². The van der Waals surface area contributed by atoms with Crippen molar-refractivity contribution in [3.8, 4) is 12.3 Å². The third-order valence-electron chi connectivity index (χ3n) is 2.14. The molecule has 0 radical (unpaired) electrons. The van der Waals surface area contributed by atoms with Crippen LogP contribution in [0.2, 0.25) is 0 Å². The molecule has 0 bridgehead atoms. The number of carboxylic acid groups (broad SMARTS) is 1. The molecule has 0 saturated heterocycles. The molecular weight excluding hydrogens is 196 g/mol. The van der Waals surface area contributed by atoms with Crippen LogP contribution in [0.15, 0.2) is 0 Å². The van der Waals surface area contributed by atoms with Crippen LogP contribution >= 0.6 is 0 Å². The van der Waals surface area contributed by atoms with Crippen LogP contribution in [0, 0.1) is 18.3 Å². The molecule has 5 nitrogen and oxygen atoms in total. The number of urea groups is 1. The third kappa shape index (κ3) is 4.36. The normalized spacial score (nSPS) is 14.1. The Morgan fingerprint density at radius 3 is 2.67 bits per heavy atom. The smallest absolute Gasteiger partial charge is 0.323 e. The average molecular weight is 210 g/mol. The fraction of sp³-hybridized carbons (Fsp3) is 0.600. The van der Waals surface area contributed by atoms with Crippen molar-refractivity contribution in [1.82, 2.24) is 10.2 Å². The summed E-state index contributed by atoms with van der Waals surface area (Å²) in [6.45, 7) is 0.474. The number of nitrogens with one attached hydrogen (secondary N) is 1. The minimum atomic E-state index is -1.06. The first-order chi connectivity index (χ1) is 7.13. The second kappa shape index (κ2) is 5.25. The number of nitrogens with zero attached hydrogens (tertiary/aromatic N) is 1. The molecule has 1 aliphatic rings. The van der Waals surface area contributed by atoms with Gasteiger partial charge in [-0.1, -0.05) is 5.92 Å². The summed E-state index contributed by atoms with van der Waals surface area (Å²) in [6.07, 6.45) is 7.37. The van der Waals surface area contributed by atoms with Crippen molar-refractivity contribution in [2.45, 2.75) is 12.8 Å². The molecule has 82 valence electrons. The first-order valence-corrected chi connectivity index (χ1v) is 4.81. The monoisotopic (exact) mass is 210 g/mol. The molecule has 2 amide bonds. The maximum atomic E-state index is 11.5. The topological polar surface area (TPSA) is 69.6 Å². The Kier molecular flexibility index (Phi) is 3.98. The molecule has 15 heavy (non-hydrogen) atoms. The van der Waals surface area contributed by atoms with E-state index in [0.717, 1.165) is 12.8 Å². The van der Waals surface area contributed by atoms with E-state index in [-0.39, 0.29) is 13.1 Å². The Bertz CT molecular complexity index is 292. The summed E-state index contributed by atoms with van der Waals surface area (Å²) in [6, 6.07) is -0.401. The van der Waals surface area contributed by atoms with E-state index in [9.17, 15) is 9.59 Å². The number of carboxylic acids is 1. The van der Waals surface area contributed by atoms with Gasteiger partial charge in [0.05, 0.1) is 6.54 Å². The fourth-order valence-corrected chi connectivity index (χ4v) is 1.20. The summed E-state index contributed by atoms with van der Waals surface area (Å²) in [4.78, 5) is 23.2. The summed E-state index contributed by atoms with van der Waals surface area (Å²) in [5.74, 6) is 1.86. The lowest BCUT2D eigenvalue weighted by molar-refractivity contribution is -0.135. The number of carbonyl (C=O) groups is 2. The number of terminal acetylenes is 1. The Hall–Kier alpha value is -1.70. The highest BCUT2D eigenvalue weighted by atomic mass is 16.4. The number of hydrogen-bond donors (Lipinski definition) is 2. The Labute approximate surface area is 88.4 Å². The standard InChI is InChI=1S/C10H14N2O3/c1-2-5-12(7-8-3-4-8)10(15)11-6-9(13)14/h1,8H,3-7H2,(H,11,15)(H,13,14). The number of carbonyl (C=O) groups excluding carboxylic acids is 1. The van der Waals surface area contributed by atoms with Gasteiger partial charge in [0.2, 0.25) is 0 Å². The van der Waals surface area contributed by atoms with Crippen LogP contribution in [-0.2, 0) is 4.79 Å². The zero-order valence-electron chi connectivity index (χ0n) is 8.40. The number of hydrogen-bond acceptors (Lipinski definition) is 2. The van der Waals surface area contributed by atoms with E-state index in [1.807, 2.05) is 0 Å². The summed E-state index contributed by atoms with van der Waals surface area (Å²) in [5, 5.41) is 10.7. The van der Waals surface area contributed by atoms with E-state index in [4.69, 9.17) is 11.5 Å². The van der Waals surface area contributed by atoms with Gasteiger partial charge < -0.3 is 15.3 Å². The van der Waals surface area contributed by atoms with Crippen LogP contribution in [-0.4, -0.2) is 41.6 Å². The molecule has 0 heterocycles. The molecule has 5 heteroatoms. The lowest BCUT2D eigenvalue weighted by Crippen LogP contribution is -2.43. The van der Waals surface area contributed by atoms with Gasteiger partial charge in [0, 0.05) is 6.54 Å². The van der Waals surface area contributed by atoms with Crippen LogP contribution < -0.4 is 5.32 Å². The first-order valence-electron chi connectivity index (χ1n) is 4.81. The number of amides is 2. The quantitative estimate of drug-likeness (QED) is 0.633. The highest BCUT2D eigenvalue weighted by Gasteiger charge is 2.26. The molecule has 1 saturated carbocycles. The number of aliphatic carboxylic acids is 1. The molecule has 1 aliphatic carbocycles. The van der Waals surface area contributed by atoms with Crippen molar-refractivity contribution in [2.24, 2.45) is 5.92 Å². The molecule has 0 aliphatic heterocycles. The molecule has 0 aromatic carbocycles. The summed E-state index contributed by atoms with van der Waals surface area (Å²) < 4.78 is 0. The second-order valence-corrected chi connectivity index (χ2v) is 3.58. The van der Waals surface area contributed by atoms with Gasteiger partial charge in [0.25, 0.3) is 0 Å². The Balaban J connectivity index is 2.35. The molecule has 0 aromatic heterocycles. The van der Waals surface area contributed by atoms with E-state index in [2.05, 4.69) is 11.2 Å². The molecule has 1 rings (SSSR count). The van der Waals surface area contributed by atoms with Crippen LogP contribution in [0.5, 0.6) is 0 Å². The largest absolute Gasteiger partial charge is 0.480 e. The van der Waals surface area contributed by atoms with Gasteiger partial charge in [-0.15, -0.1) is 6.42 Å². The van der Waals surface area contributed by atoms with Crippen LogP contribution in [0.1, 0.15) is 12.8 Å². The van der Waals surface area contributed by atoms with Crippen LogP contribution in [0.25, 0.3) is 0 Å². The van der Waals surface area contributed by atoms with E-state index in [1.165, 1.54) is 4.90 Å². The van der Waals surface area contributed by atoms with Crippen molar-refractivity contribution < 1.29 is 14.7 Å². The minimum Gasteiger partial charge on any atom is -0.480 e. The Morgan fingerprint density at radius 2 is 2.20 bits per heavy atom. The van der Waals surface area contributed by atoms with Crippen LogP contribution in [0.4, 0.5) is 4.79 Å². The summed E-state index contributed by atoms with van der Waals surface area (Å²) in [7, 11) is 0.